The van der Waals surface area contributed by atoms with Crippen LogP contribution in [0.1, 0.15) is 26.3 Å². The maximum Gasteiger partial charge on any atom is 0.262 e. The summed E-state index contributed by atoms with van der Waals surface area (Å²) in [4.78, 5) is 11.9. The van der Waals surface area contributed by atoms with Crippen molar-refractivity contribution in [3.8, 4) is 17.6 Å². The third-order valence-electron chi connectivity index (χ3n) is 2.45. The average Bonchev–Trinajstić information content (AvgIpc) is 2.40. The molecule has 5 nitrogen and oxygen atoms in total. The van der Waals surface area contributed by atoms with Gasteiger partial charge in [-0.1, -0.05) is 0 Å². The largest absolute Gasteiger partial charge is 0.503 e. The molecule has 6 heteroatoms. The van der Waals surface area contributed by atoms with Gasteiger partial charge in [0.15, 0.2) is 11.5 Å². The van der Waals surface area contributed by atoms with Crippen LogP contribution < -0.4 is 10.1 Å². The molecule has 0 aliphatic rings. The predicted molar refractivity (Wildman–Crippen MR) is 83.8 cm³/mol. The molecule has 0 atom stereocenters. The van der Waals surface area contributed by atoms with Crippen LogP contribution in [0.25, 0.3) is 6.08 Å². The van der Waals surface area contributed by atoms with Crippen molar-refractivity contribution in [2.45, 2.75) is 26.8 Å². The fraction of sp³-hybridized carbons (Fsp3) is 0.333. The van der Waals surface area contributed by atoms with E-state index in [9.17, 15) is 9.90 Å². The van der Waals surface area contributed by atoms with Gasteiger partial charge in [-0.25, -0.2) is 0 Å². The Hall–Kier alpha value is -2.00. The highest BCUT2D eigenvalue weighted by Gasteiger charge is 2.12. The number of hydrogen-bond acceptors (Lipinski definition) is 4. The van der Waals surface area contributed by atoms with E-state index in [0.717, 1.165) is 0 Å². The molecule has 112 valence electrons. The van der Waals surface area contributed by atoms with Gasteiger partial charge in [0.25, 0.3) is 5.91 Å². The molecule has 0 spiro atoms. The zero-order chi connectivity index (χ0) is 16.0. The second-order valence-electron chi connectivity index (χ2n) is 4.58. The zero-order valence-corrected chi connectivity index (χ0v) is 13.7. The molecule has 0 fully saturated rings. The molecule has 0 aliphatic heterocycles. The second kappa shape index (κ2) is 7.70. The van der Waals surface area contributed by atoms with Crippen molar-refractivity contribution in [2.24, 2.45) is 0 Å². The van der Waals surface area contributed by atoms with Crippen LogP contribution in [-0.2, 0) is 4.79 Å². The van der Waals surface area contributed by atoms with Gasteiger partial charge in [0.2, 0.25) is 0 Å². The Morgan fingerprint density at radius 3 is 2.76 bits per heavy atom. The standard InChI is InChI=1S/C15H17BrN2O3/c1-4-21-13-7-10(6-12(16)14(13)19)5-11(8-17)15(20)18-9(2)3/h5-7,9,19H,4H2,1-3H3,(H,18,20)/b11-5-. The first kappa shape index (κ1) is 17.1. The number of nitrogens with zero attached hydrogens (tertiary/aromatic N) is 1. The van der Waals surface area contributed by atoms with Crippen LogP contribution in [0.2, 0.25) is 0 Å². The van der Waals surface area contributed by atoms with Gasteiger partial charge in [-0.2, -0.15) is 5.26 Å². The van der Waals surface area contributed by atoms with E-state index < -0.39 is 5.91 Å². The van der Waals surface area contributed by atoms with Gasteiger partial charge >= 0.3 is 0 Å². The van der Waals surface area contributed by atoms with Crippen molar-refractivity contribution < 1.29 is 14.6 Å². The van der Waals surface area contributed by atoms with Gasteiger partial charge in [-0.15, -0.1) is 0 Å². The number of benzene rings is 1. The number of phenolic OH excluding ortho intramolecular Hbond substituents is 1. The number of nitriles is 1. The minimum Gasteiger partial charge on any atom is -0.503 e. The minimum absolute atomic E-state index is 0.0104. The Morgan fingerprint density at radius 2 is 2.24 bits per heavy atom. The van der Waals surface area contributed by atoms with E-state index in [1.54, 1.807) is 19.1 Å². The van der Waals surface area contributed by atoms with E-state index in [1.165, 1.54) is 6.08 Å². The van der Waals surface area contributed by atoms with Gasteiger partial charge in [-0.05, 0) is 60.5 Å². The van der Waals surface area contributed by atoms with E-state index in [1.807, 2.05) is 19.9 Å². The van der Waals surface area contributed by atoms with Crippen molar-refractivity contribution in [1.82, 2.24) is 5.32 Å². The molecule has 1 rings (SSSR count). The van der Waals surface area contributed by atoms with E-state index in [2.05, 4.69) is 21.2 Å². The smallest absolute Gasteiger partial charge is 0.262 e. The Bertz CT molecular complexity index is 604. The first-order valence-corrected chi connectivity index (χ1v) is 7.26. The summed E-state index contributed by atoms with van der Waals surface area (Å²) in [6.07, 6.45) is 1.45. The number of phenols is 1. The fourth-order valence-electron chi connectivity index (χ4n) is 1.60. The molecule has 21 heavy (non-hydrogen) atoms. The van der Waals surface area contributed by atoms with Gasteiger partial charge < -0.3 is 15.2 Å². The van der Waals surface area contributed by atoms with Crippen LogP contribution in [0.3, 0.4) is 0 Å². The summed E-state index contributed by atoms with van der Waals surface area (Å²) in [7, 11) is 0. The molecule has 0 unspecified atom stereocenters. The van der Waals surface area contributed by atoms with Crippen molar-refractivity contribution >= 4 is 27.9 Å². The number of carbonyl (C=O) groups excluding carboxylic acids is 1. The molecule has 0 heterocycles. The van der Waals surface area contributed by atoms with Gasteiger partial charge in [0.05, 0.1) is 11.1 Å². The number of ether oxygens (including phenoxy) is 1. The number of aromatic hydroxyl groups is 1. The van der Waals surface area contributed by atoms with Crippen LogP contribution in [0.4, 0.5) is 0 Å². The molecule has 0 radical (unpaired) electrons. The molecule has 0 aromatic heterocycles. The second-order valence-corrected chi connectivity index (χ2v) is 5.43. The summed E-state index contributed by atoms with van der Waals surface area (Å²) in [6.45, 7) is 5.83. The number of rotatable bonds is 5. The lowest BCUT2D eigenvalue weighted by atomic mass is 10.1. The Balaban J connectivity index is 3.17. The topological polar surface area (TPSA) is 82.3 Å². The van der Waals surface area contributed by atoms with Gasteiger partial charge in [0.1, 0.15) is 11.6 Å². The predicted octanol–water partition coefficient (Wildman–Crippen LogP) is 2.98. The molecule has 1 aromatic rings. The zero-order valence-electron chi connectivity index (χ0n) is 12.1. The van der Waals surface area contributed by atoms with Crippen LogP contribution in [0, 0.1) is 11.3 Å². The number of amides is 1. The van der Waals surface area contributed by atoms with Crippen molar-refractivity contribution in [3.63, 3.8) is 0 Å². The van der Waals surface area contributed by atoms with E-state index in [0.29, 0.717) is 22.4 Å². The summed E-state index contributed by atoms with van der Waals surface area (Å²) in [5, 5.41) is 21.6. The summed E-state index contributed by atoms with van der Waals surface area (Å²) in [6, 6.07) is 5.00. The molecule has 0 saturated heterocycles. The van der Waals surface area contributed by atoms with Crippen LogP contribution in [-0.4, -0.2) is 23.7 Å². The van der Waals surface area contributed by atoms with Crippen LogP contribution >= 0.6 is 15.9 Å². The summed E-state index contributed by atoms with van der Waals surface area (Å²) in [5.74, 6) is -0.159. The Labute approximate surface area is 132 Å². The van der Waals surface area contributed by atoms with E-state index >= 15 is 0 Å². The summed E-state index contributed by atoms with van der Waals surface area (Å²) < 4.78 is 5.74. The lowest BCUT2D eigenvalue weighted by Gasteiger charge is -2.10. The molecule has 2 N–H and O–H groups in total. The molecule has 1 aromatic carbocycles. The normalized spacial score (nSPS) is 11.1. The van der Waals surface area contributed by atoms with E-state index in [-0.39, 0.29) is 17.4 Å². The highest BCUT2D eigenvalue weighted by atomic mass is 79.9. The Morgan fingerprint density at radius 1 is 1.57 bits per heavy atom. The third-order valence-corrected chi connectivity index (χ3v) is 3.05. The quantitative estimate of drug-likeness (QED) is 0.630. The van der Waals surface area contributed by atoms with Gasteiger partial charge in [-0.3, -0.25) is 4.79 Å². The number of hydrogen-bond donors (Lipinski definition) is 2. The molecule has 0 aliphatic carbocycles. The molecule has 0 saturated carbocycles. The molecule has 0 bridgehead atoms. The highest BCUT2D eigenvalue weighted by Crippen LogP contribution is 2.36. The van der Waals surface area contributed by atoms with Crippen LogP contribution in [0.15, 0.2) is 22.2 Å². The number of carbonyl (C=O) groups is 1. The Kier molecular flexibility index (Phi) is 6.25. The first-order valence-electron chi connectivity index (χ1n) is 6.47. The van der Waals surface area contributed by atoms with E-state index in [4.69, 9.17) is 10.00 Å². The third kappa shape index (κ3) is 4.80. The monoisotopic (exact) mass is 352 g/mol. The summed E-state index contributed by atoms with van der Waals surface area (Å²) >= 11 is 3.21. The SMILES string of the molecule is CCOc1cc(/C=C(/C#N)C(=O)NC(C)C)cc(Br)c1O. The summed E-state index contributed by atoms with van der Waals surface area (Å²) in [5.41, 5.74) is 0.572. The molecular weight excluding hydrogens is 336 g/mol. The highest BCUT2D eigenvalue weighted by molar-refractivity contribution is 9.10. The lowest BCUT2D eigenvalue weighted by molar-refractivity contribution is -0.117. The maximum absolute atomic E-state index is 11.9. The lowest BCUT2D eigenvalue weighted by Crippen LogP contribution is -2.30. The van der Waals surface area contributed by atoms with Crippen LogP contribution in [0.5, 0.6) is 11.5 Å². The molecular formula is C15H17BrN2O3. The average molecular weight is 353 g/mol. The first-order chi connectivity index (χ1) is 9.88. The van der Waals surface area contributed by atoms with Crippen molar-refractivity contribution in [1.29, 1.82) is 5.26 Å². The van der Waals surface area contributed by atoms with Crippen molar-refractivity contribution in [2.75, 3.05) is 6.61 Å². The number of halogens is 1. The minimum atomic E-state index is -0.436. The van der Waals surface area contributed by atoms with Gasteiger partial charge in [0, 0.05) is 6.04 Å². The number of nitrogens with one attached hydrogen (secondary N) is 1. The molecule has 1 amide bonds. The maximum atomic E-state index is 11.9. The van der Waals surface area contributed by atoms with Crippen molar-refractivity contribution in [3.05, 3.63) is 27.7 Å². The fourth-order valence-corrected chi connectivity index (χ4v) is 2.06.